The van der Waals surface area contributed by atoms with Crippen molar-refractivity contribution in [3.8, 4) is 5.75 Å². The van der Waals surface area contributed by atoms with Crippen molar-refractivity contribution < 1.29 is 5.11 Å². The number of aromatic amines is 1. The number of aromatic nitrogens is 3. The van der Waals surface area contributed by atoms with Crippen LogP contribution in [0.5, 0.6) is 5.75 Å². The molecule has 0 aliphatic heterocycles. The average Bonchev–Trinajstić information content (AvgIpc) is 3.19. The molecule has 136 valence electrons. The van der Waals surface area contributed by atoms with E-state index in [4.69, 9.17) is 0 Å². The molecule has 4 rings (SSSR count). The maximum atomic E-state index is 10.7. The molecule has 5 nitrogen and oxygen atoms in total. The van der Waals surface area contributed by atoms with Crippen LogP contribution < -0.4 is 4.72 Å². The van der Waals surface area contributed by atoms with E-state index in [-0.39, 0.29) is 5.75 Å². The maximum Gasteiger partial charge on any atom is 0.188 e. The number of nitrogens with one attached hydrogen (secondary N) is 2. The van der Waals surface area contributed by atoms with Crippen LogP contribution in [-0.4, -0.2) is 20.3 Å². The number of nitrogens with zero attached hydrogens (tertiary/aromatic N) is 2. The summed E-state index contributed by atoms with van der Waals surface area (Å²) in [6.07, 6.45) is 1.45. The number of hydrogen-bond acceptors (Lipinski definition) is 6. The molecule has 7 heteroatoms. The summed E-state index contributed by atoms with van der Waals surface area (Å²) in [5, 5.41) is 19.8. The van der Waals surface area contributed by atoms with Gasteiger partial charge in [0.25, 0.3) is 0 Å². The molecule has 4 aromatic rings. The second kappa shape index (κ2) is 7.54. The van der Waals surface area contributed by atoms with E-state index in [2.05, 4.69) is 52.0 Å². The first kappa shape index (κ1) is 17.8. The number of fused-ring (bicyclic) bond motifs is 1. The van der Waals surface area contributed by atoms with E-state index in [0.717, 1.165) is 21.4 Å². The first-order chi connectivity index (χ1) is 13.1. The van der Waals surface area contributed by atoms with E-state index in [1.807, 2.05) is 30.3 Å². The van der Waals surface area contributed by atoms with E-state index < -0.39 is 0 Å². The lowest BCUT2D eigenvalue weighted by molar-refractivity contribution is 0.469. The van der Waals surface area contributed by atoms with Crippen LogP contribution in [0.1, 0.15) is 11.1 Å². The van der Waals surface area contributed by atoms with Crippen molar-refractivity contribution >= 4 is 40.2 Å². The maximum absolute atomic E-state index is 10.7. The number of aryl methyl sites for hydroxylation is 2. The Balaban J connectivity index is 1.72. The lowest BCUT2D eigenvalue weighted by atomic mass is 10.1. The van der Waals surface area contributed by atoms with Gasteiger partial charge in [0.15, 0.2) is 5.16 Å². The Bertz CT molecular complexity index is 1100. The zero-order chi connectivity index (χ0) is 18.8. The van der Waals surface area contributed by atoms with E-state index in [0.29, 0.717) is 5.16 Å². The van der Waals surface area contributed by atoms with Crippen molar-refractivity contribution in [1.82, 2.24) is 15.2 Å². The SMILES string of the molecule is Cc1ccc(C)c(SNc2cc(Sc3ncn[nH]3)c(O)c3ccccc23)c1. The molecule has 0 atom stereocenters. The Labute approximate surface area is 165 Å². The quantitative estimate of drug-likeness (QED) is 0.304. The number of phenolic OH excluding ortho intramolecular Hbond substituents is 1. The molecule has 0 unspecified atom stereocenters. The average molecular weight is 395 g/mol. The van der Waals surface area contributed by atoms with Crippen LogP contribution in [0.3, 0.4) is 0 Å². The van der Waals surface area contributed by atoms with Gasteiger partial charge in [-0.2, -0.15) is 5.10 Å². The number of hydrogen-bond donors (Lipinski definition) is 3. The van der Waals surface area contributed by atoms with Crippen LogP contribution in [0, 0.1) is 13.8 Å². The minimum atomic E-state index is 0.245. The van der Waals surface area contributed by atoms with Crippen LogP contribution in [0.15, 0.2) is 69.8 Å². The van der Waals surface area contributed by atoms with Gasteiger partial charge < -0.3 is 9.83 Å². The molecule has 0 spiro atoms. The molecule has 0 bridgehead atoms. The van der Waals surface area contributed by atoms with Crippen LogP contribution in [-0.2, 0) is 0 Å². The highest BCUT2D eigenvalue weighted by molar-refractivity contribution is 8.00. The van der Waals surface area contributed by atoms with Crippen molar-refractivity contribution in [1.29, 1.82) is 0 Å². The van der Waals surface area contributed by atoms with Crippen LogP contribution in [0.25, 0.3) is 10.8 Å². The summed E-state index contributed by atoms with van der Waals surface area (Å²) in [4.78, 5) is 6.03. The molecular weight excluding hydrogens is 376 g/mol. The highest BCUT2D eigenvalue weighted by atomic mass is 32.2. The van der Waals surface area contributed by atoms with Crippen molar-refractivity contribution in [2.45, 2.75) is 28.8 Å². The molecule has 1 aromatic heterocycles. The highest BCUT2D eigenvalue weighted by Crippen LogP contribution is 2.42. The predicted molar refractivity (Wildman–Crippen MR) is 112 cm³/mol. The molecule has 0 fully saturated rings. The number of phenols is 1. The summed E-state index contributed by atoms with van der Waals surface area (Å²) in [5.41, 5.74) is 3.38. The van der Waals surface area contributed by atoms with Gasteiger partial charge in [-0.25, -0.2) is 4.98 Å². The second-order valence-electron chi connectivity index (χ2n) is 6.18. The first-order valence-electron chi connectivity index (χ1n) is 8.40. The number of H-pyrrole nitrogens is 1. The minimum Gasteiger partial charge on any atom is -0.506 e. The fourth-order valence-electron chi connectivity index (χ4n) is 2.77. The Hall–Kier alpha value is -2.64. The van der Waals surface area contributed by atoms with Gasteiger partial charge >= 0.3 is 0 Å². The molecule has 27 heavy (non-hydrogen) atoms. The summed E-state index contributed by atoms with van der Waals surface area (Å²) >= 11 is 2.92. The molecule has 3 aromatic carbocycles. The highest BCUT2D eigenvalue weighted by Gasteiger charge is 2.14. The van der Waals surface area contributed by atoms with Gasteiger partial charge in [0, 0.05) is 15.7 Å². The summed E-state index contributed by atoms with van der Waals surface area (Å²) < 4.78 is 3.47. The summed E-state index contributed by atoms with van der Waals surface area (Å²) in [6, 6.07) is 16.2. The summed E-state index contributed by atoms with van der Waals surface area (Å²) in [5.74, 6) is 0.245. The Morgan fingerprint density at radius 2 is 1.81 bits per heavy atom. The van der Waals surface area contributed by atoms with Gasteiger partial charge in [0.2, 0.25) is 0 Å². The standard InChI is InChI=1S/C20H18N4OS2/c1-12-7-8-13(2)17(9-12)27-24-16-10-18(26-20-21-11-22-23-20)19(25)15-6-4-3-5-14(15)16/h3-11,24-25H,1-2H3,(H,21,22,23). The van der Waals surface area contributed by atoms with Crippen molar-refractivity contribution in [3.63, 3.8) is 0 Å². The lowest BCUT2D eigenvalue weighted by Gasteiger charge is -2.14. The topological polar surface area (TPSA) is 73.8 Å². The molecule has 0 saturated heterocycles. The Morgan fingerprint density at radius 1 is 1.00 bits per heavy atom. The summed E-state index contributed by atoms with van der Waals surface area (Å²) in [7, 11) is 0. The number of anilines is 1. The fraction of sp³-hybridized carbons (Fsp3) is 0.100. The Morgan fingerprint density at radius 3 is 2.59 bits per heavy atom. The van der Waals surface area contributed by atoms with Crippen LogP contribution in [0.4, 0.5) is 5.69 Å². The largest absolute Gasteiger partial charge is 0.506 e. The molecule has 0 aliphatic rings. The molecule has 0 aliphatic carbocycles. The molecular formula is C20H18N4OS2. The molecule has 0 saturated carbocycles. The Kier molecular flexibility index (Phi) is 4.96. The third kappa shape index (κ3) is 3.74. The van der Waals surface area contributed by atoms with Crippen molar-refractivity contribution in [3.05, 3.63) is 66.0 Å². The smallest absolute Gasteiger partial charge is 0.188 e. The van der Waals surface area contributed by atoms with Gasteiger partial charge in [-0.15, -0.1) is 0 Å². The zero-order valence-electron chi connectivity index (χ0n) is 14.9. The molecule has 0 amide bonds. The number of aromatic hydroxyl groups is 1. The fourth-order valence-corrected chi connectivity index (χ4v) is 4.42. The van der Waals surface area contributed by atoms with Crippen molar-refractivity contribution in [2.24, 2.45) is 0 Å². The van der Waals surface area contributed by atoms with E-state index >= 15 is 0 Å². The van der Waals surface area contributed by atoms with Gasteiger partial charge in [0.1, 0.15) is 12.1 Å². The number of benzene rings is 3. The normalized spacial score (nSPS) is 11.0. The summed E-state index contributed by atoms with van der Waals surface area (Å²) in [6.45, 7) is 4.19. The minimum absolute atomic E-state index is 0.245. The van der Waals surface area contributed by atoms with Gasteiger partial charge in [-0.05, 0) is 60.8 Å². The van der Waals surface area contributed by atoms with Crippen LogP contribution >= 0.6 is 23.7 Å². The monoisotopic (exact) mass is 394 g/mol. The number of rotatable bonds is 5. The molecule has 3 N–H and O–H groups in total. The third-order valence-electron chi connectivity index (χ3n) is 4.20. The van der Waals surface area contributed by atoms with E-state index in [1.54, 1.807) is 11.9 Å². The lowest BCUT2D eigenvalue weighted by Crippen LogP contribution is -1.92. The zero-order valence-corrected chi connectivity index (χ0v) is 16.5. The molecule has 1 heterocycles. The van der Waals surface area contributed by atoms with Crippen LogP contribution in [0.2, 0.25) is 0 Å². The molecule has 0 radical (unpaired) electrons. The van der Waals surface area contributed by atoms with E-state index in [1.165, 1.54) is 34.1 Å². The first-order valence-corrected chi connectivity index (χ1v) is 10.0. The van der Waals surface area contributed by atoms with Crippen molar-refractivity contribution in [2.75, 3.05) is 4.72 Å². The van der Waals surface area contributed by atoms with E-state index in [9.17, 15) is 5.11 Å². The second-order valence-corrected chi connectivity index (χ2v) is 8.06. The van der Waals surface area contributed by atoms with Gasteiger partial charge in [0.05, 0.1) is 10.6 Å². The predicted octanol–water partition coefficient (Wildman–Crippen LogP) is 5.55. The van der Waals surface area contributed by atoms with Gasteiger partial charge in [-0.1, -0.05) is 36.4 Å². The third-order valence-corrected chi connectivity index (χ3v) is 6.10. The van der Waals surface area contributed by atoms with Gasteiger partial charge in [-0.3, -0.25) is 5.10 Å².